The van der Waals surface area contributed by atoms with Crippen LogP contribution in [0.4, 0.5) is 0 Å². The Balaban J connectivity index is 1.43. The Bertz CT molecular complexity index is 837. The van der Waals surface area contributed by atoms with Crippen molar-refractivity contribution in [1.29, 1.82) is 0 Å². The molecule has 4 rings (SSSR count). The number of piperazine rings is 1. The second-order valence-electron chi connectivity index (χ2n) is 7.17. The molecular weight excluding hydrogens is 342 g/mol. The Morgan fingerprint density at radius 2 is 1.96 bits per heavy atom. The number of rotatable bonds is 2. The Morgan fingerprint density at radius 3 is 2.67 bits per heavy atom. The van der Waals surface area contributed by atoms with E-state index < -0.39 is 0 Å². The normalized spacial score (nSPS) is 21.7. The molecule has 0 aliphatic carbocycles. The maximum absolute atomic E-state index is 12.9. The van der Waals surface area contributed by atoms with E-state index in [0.29, 0.717) is 13.1 Å². The number of hydrogen-bond acceptors (Lipinski definition) is 6. The molecular formula is C20H25N5O2. The highest BCUT2D eigenvalue weighted by Gasteiger charge is 2.32. The van der Waals surface area contributed by atoms with Gasteiger partial charge in [0.05, 0.1) is 13.2 Å². The van der Waals surface area contributed by atoms with Crippen molar-refractivity contribution in [2.45, 2.75) is 19.9 Å². The lowest BCUT2D eigenvalue weighted by Crippen LogP contribution is -2.54. The zero-order chi connectivity index (χ0) is 19.0. The molecule has 0 bridgehead atoms. The second kappa shape index (κ2) is 7.06. The number of amidine groups is 2. The van der Waals surface area contributed by atoms with Gasteiger partial charge in [-0.3, -0.25) is 9.79 Å². The van der Waals surface area contributed by atoms with Crippen molar-refractivity contribution < 1.29 is 9.53 Å². The van der Waals surface area contributed by atoms with Gasteiger partial charge in [0.15, 0.2) is 11.7 Å². The number of aliphatic imine (C=N–C) groups is 2. The van der Waals surface area contributed by atoms with Crippen LogP contribution in [0.2, 0.25) is 0 Å². The molecule has 1 aromatic carbocycles. The number of benzene rings is 1. The summed E-state index contributed by atoms with van der Waals surface area (Å²) >= 11 is 0. The summed E-state index contributed by atoms with van der Waals surface area (Å²) in [6.07, 6.45) is 3.82. The number of hydrogen-bond donors (Lipinski definition) is 0. The standard InChI is InChI=1S/C20H25N5O2/c1-14-12-16(27-3)4-5-17(14)20(26)24-10-8-23(9-11-24)18-19-22-15(2)13-25(19)7-6-21-18/h4-7,12,15H,8-11,13H2,1-3H3/t15-/m1/s1. The van der Waals surface area contributed by atoms with Gasteiger partial charge in [-0.2, -0.15) is 0 Å². The highest BCUT2D eigenvalue weighted by atomic mass is 16.5. The van der Waals surface area contributed by atoms with Crippen molar-refractivity contribution >= 4 is 17.6 Å². The number of methoxy groups -OCH3 is 1. The number of carbonyl (C=O) groups is 1. The SMILES string of the molecule is COc1ccc(C(=O)N2CCN(C3=NC=CN4C[C@@H](C)N=C34)CC2)c(C)c1. The van der Waals surface area contributed by atoms with E-state index in [1.807, 2.05) is 42.4 Å². The summed E-state index contributed by atoms with van der Waals surface area (Å²) in [4.78, 5) is 28.5. The van der Waals surface area contributed by atoms with Crippen LogP contribution in [0.15, 0.2) is 40.6 Å². The molecule has 0 aromatic heterocycles. The van der Waals surface area contributed by atoms with Gasteiger partial charge < -0.3 is 19.4 Å². The van der Waals surface area contributed by atoms with Crippen LogP contribution >= 0.6 is 0 Å². The Morgan fingerprint density at radius 1 is 1.19 bits per heavy atom. The summed E-state index contributed by atoms with van der Waals surface area (Å²) in [6, 6.07) is 5.88. The lowest BCUT2D eigenvalue weighted by Gasteiger charge is -2.38. The van der Waals surface area contributed by atoms with Gasteiger partial charge in [0.25, 0.3) is 5.91 Å². The minimum atomic E-state index is 0.0775. The number of ether oxygens (including phenoxy) is 1. The maximum atomic E-state index is 12.9. The summed E-state index contributed by atoms with van der Waals surface area (Å²) in [7, 11) is 1.63. The first kappa shape index (κ1) is 17.6. The fraction of sp³-hybridized carbons (Fsp3) is 0.450. The third kappa shape index (κ3) is 3.29. The zero-order valence-electron chi connectivity index (χ0n) is 16.1. The third-order valence-electron chi connectivity index (χ3n) is 5.25. The van der Waals surface area contributed by atoms with E-state index in [1.54, 1.807) is 7.11 Å². The molecule has 3 heterocycles. The lowest BCUT2D eigenvalue weighted by atomic mass is 10.1. The fourth-order valence-electron chi connectivity index (χ4n) is 3.77. The molecule has 1 fully saturated rings. The van der Waals surface area contributed by atoms with Crippen molar-refractivity contribution in [1.82, 2.24) is 14.7 Å². The van der Waals surface area contributed by atoms with Crippen LogP contribution < -0.4 is 4.74 Å². The van der Waals surface area contributed by atoms with Gasteiger partial charge in [0.2, 0.25) is 0 Å². The molecule has 3 aliphatic rings. The van der Waals surface area contributed by atoms with Crippen molar-refractivity contribution in [2.24, 2.45) is 9.98 Å². The average Bonchev–Trinajstić information content (AvgIpc) is 3.07. The van der Waals surface area contributed by atoms with Gasteiger partial charge >= 0.3 is 0 Å². The van der Waals surface area contributed by atoms with E-state index in [2.05, 4.69) is 21.7 Å². The van der Waals surface area contributed by atoms with Gasteiger partial charge in [-0.25, -0.2) is 4.99 Å². The summed E-state index contributed by atoms with van der Waals surface area (Å²) < 4.78 is 5.23. The summed E-state index contributed by atoms with van der Waals surface area (Å²) in [5.74, 6) is 2.73. The Kier molecular flexibility index (Phi) is 4.59. The molecule has 7 heteroatoms. The highest BCUT2D eigenvalue weighted by molar-refractivity contribution is 6.41. The lowest BCUT2D eigenvalue weighted by molar-refractivity contribution is 0.0692. The van der Waals surface area contributed by atoms with Crippen molar-refractivity contribution in [3.63, 3.8) is 0 Å². The highest BCUT2D eigenvalue weighted by Crippen LogP contribution is 2.20. The predicted octanol–water partition coefficient (Wildman–Crippen LogP) is 1.75. The number of carbonyl (C=O) groups excluding carboxylic acids is 1. The monoisotopic (exact) mass is 367 g/mol. The van der Waals surface area contributed by atoms with E-state index in [9.17, 15) is 4.79 Å². The summed E-state index contributed by atoms with van der Waals surface area (Å²) in [5, 5.41) is 0. The third-order valence-corrected chi connectivity index (χ3v) is 5.25. The topological polar surface area (TPSA) is 60.7 Å². The van der Waals surface area contributed by atoms with Gasteiger partial charge in [-0.1, -0.05) is 0 Å². The molecule has 3 aliphatic heterocycles. The number of nitrogens with zero attached hydrogens (tertiary/aromatic N) is 5. The van der Waals surface area contributed by atoms with Gasteiger partial charge in [0.1, 0.15) is 5.75 Å². The van der Waals surface area contributed by atoms with Crippen LogP contribution in [-0.2, 0) is 0 Å². The largest absolute Gasteiger partial charge is 0.497 e. The average molecular weight is 367 g/mol. The zero-order valence-corrected chi connectivity index (χ0v) is 16.1. The molecule has 0 N–H and O–H groups in total. The van der Waals surface area contributed by atoms with Gasteiger partial charge in [-0.15, -0.1) is 0 Å². The molecule has 1 amide bonds. The molecule has 7 nitrogen and oxygen atoms in total. The van der Waals surface area contributed by atoms with Crippen molar-refractivity contribution in [2.75, 3.05) is 39.8 Å². The van der Waals surface area contributed by atoms with Crippen LogP contribution in [0.1, 0.15) is 22.8 Å². The maximum Gasteiger partial charge on any atom is 0.254 e. The van der Waals surface area contributed by atoms with Gasteiger partial charge in [-0.05, 0) is 37.6 Å². The number of amides is 1. The van der Waals surface area contributed by atoms with Crippen molar-refractivity contribution in [3.05, 3.63) is 41.7 Å². The van der Waals surface area contributed by atoms with Crippen LogP contribution in [0.3, 0.4) is 0 Å². The van der Waals surface area contributed by atoms with E-state index in [4.69, 9.17) is 9.73 Å². The first-order valence-corrected chi connectivity index (χ1v) is 9.35. The van der Waals surface area contributed by atoms with Crippen LogP contribution in [0.5, 0.6) is 5.75 Å². The van der Waals surface area contributed by atoms with Gasteiger partial charge in [0, 0.05) is 50.7 Å². The Labute approximate surface area is 159 Å². The molecule has 1 aromatic rings. The van der Waals surface area contributed by atoms with E-state index in [-0.39, 0.29) is 11.9 Å². The van der Waals surface area contributed by atoms with Crippen molar-refractivity contribution in [3.8, 4) is 5.75 Å². The first-order chi connectivity index (χ1) is 13.1. The quantitative estimate of drug-likeness (QED) is 0.799. The fourth-order valence-corrected chi connectivity index (χ4v) is 3.77. The first-order valence-electron chi connectivity index (χ1n) is 9.35. The minimum absolute atomic E-state index is 0.0775. The van der Waals surface area contributed by atoms with E-state index in [1.165, 1.54) is 0 Å². The molecule has 0 unspecified atom stereocenters. The minimum Gasteiger partial charge on any atom is -0.497 e. The molecule has 1 atom stereocenters. The van der Waals surface area contributed by atoms with E-state index in [0.717, 1.165) is 48.2 Å². The smallest absolute Gasteiger partial charge is 0.254 e. The summed E-state index contributed by atoms with van der Waals surface area (Å²) in [5.41, 5.74) is 1.68. The van der Waals surface area contributed by atoms with Crippen LogP contribution in [0.25, 0.3) is 0 Å². The Hall–Kier alpha value is -2.83. The van der Waals surface area contributed by atoms with Crippen LogP contribution in [-0.4, -0.2) is 78.2 Å². The number of aryl methyl sites for hydroxylation is 1. The predicted molar refractivity (Wildman–Crippen MR) is 105 cm³/mol. The van der Waals surface area contributed by atoms with E-state index >= 15 is 0 Å². The molecule has 142 valence electrons. The molecule has 0 saturated carbocycles. The number of fused-ring (bicyclic) bond motifs is 1. The molecule has 27 heavy (non-hydrogen) atoms. The molecule has 1 saturated heterocycles. The van der Waals surface area contributed by atoms with Crippen LogP contribution in [0, 0.1) is 6.92 Å². The summed E-state index contributed by atoms with van der Waals surface area (Å²) in [6.45, 7) is 7.84. The molecule has 0 spiro atoms. The molecule has 0 radical (unpaired) electrons. The second-order valence-corrected chi connectivity index (χ2v) is 7.17.